The lowest BCUT2D eigenvalue weighted by Crippen LogP contribution is -2.49. The number of carbonyl (C=O) groups excluding carboxylic acids is 1. The SMILES string of the molecule is CC(C)(C)OC(=O)N1CC[C@@H]2[C@H](C1)c1cc(-c3c(Cl)cccc3Cl)cc3c1N2CCCS3. The van der Waals surface area contributed by atoms with Crippen LogP contribution in [0.4, 0.5) is 10.5 Å². The maximum atomic E-state index is 12.8. The Kier molecular flexibility index (Phi) is 5.80. The van der Waals surface area contributed by atoms with Gasteiger partial charge in [-0.3, -0.25) is 0 Å². The highest BCUT2D eigenvalue weighted by atomic mass is 35.5. The Labute approximate surface area is 204 Å². The number of hydrogen-bond donors (Lipinski definition) is 0. The number of fused-ring (bicyclic) bond motifs is 3. The molecule has 2 aromatic carbocycles. The molecule has 0 saturated carbocycles. The number of thioether (sulfide) groups is 1. The van der Waals surface area contributed by atoms with Crippen molar-refractivity contribution in [2.45, 2.75) is 56.1 Å². The Morgan fingerprint density at radius 1 is 1.16 bits per heavy atom. The van der Waals surface area contributed by atoms with E-state index in [0.717, 1.165) is 42.8 Å². The summed E-state index contributed by atoms with van der Waals surface area (Å²) >= 11 is 15.1. The summed E-state index contributed by atoms with van der Waals surface area (Å²) in [4.78, 5) is 18.6. The maximum absolute atomic E-state index is 12.8. The molecule has 0 radical (unpaired) electrons. The zero-order valence-electron chi connectivity index (χ0n) is 18.7. The summed E-state index contributed by atoms with van der Waals surface area (Å²) in [5.41, 5.74) is 4.10. The molecule has 0 aromatic heterocycles. The number of likely N-dealkylation sites (tertiary alicyclic amines) is 1. The van der Waals surface area contributed by atoms with Crippen molar-refractivity contribution in [1.82, 2.24) is 4.90 Å². The Morgan fingerprint density at radius 3 is 2.62 bits per heavy atom. The number of benzene rings is 2. The Hall–Kier alpha value is -1.56. The van der Waals surface area contributed by atoms with Crippen LogP contribution in [-0.4, -0.2) is 48.0 Å². The number of piperidine rings is 1. The van der Waals surface area contributed by atoms with Crippen LogP contribution in [0.2, 0.25) is 10.0 Å². The predicted molar refractivity (Wildman–Crippen MR) is 134 cm³/mol. The third-order valence-corrected chi connectivity index (χ3v) is 8.22. The van der Waals surface area contributed by atoms with Crippen molar-refractivity contribution < 1.29 is 9.53 Å². The van der Waals surface area contributed by atoms with Gasteiger partial charge in [0.25, 0.3) is 0 Å². The van der Waals surface area contributed by atoms with Crippen LogP contribution in [-0.2, 0) is 4.74 Å². The van der Waals surface area contributed by atoms with Crippen molar-refractivity contribution in [2.75, 3.05) is 30.3 Å². The Morgan fingerprint density at radius 2 is 1.91 bits per heavy atom. The van der Waals surface area contributed by atoms with Crippen LogP contribution in [0, 0.1) is 0 Å². The minimum absolute atomic E-state index is 0.219. The van der Waals surface area contributed by atoms with Crippen LogP contribution in [0.3, 0.4) is 0 Å². The molecule has 3 heterocycles. The first-order chi connectivity index (χ1) is 15.2. The van der Waals surface area contributed by atoms with Gasteiger partial charge in [0.1, 0.15) is 5.60 Å². The minimum Gasteiger partial charge on any atom is -0.444 e. The largest absolute Gasteiger partial charge is 0.444 e. The lowest BCUT2D eigenvalue weighted by Gasteiger charge is -2.39. The molecule has 5 rings (SSSR count). The van der Waals surface area contributed by atoms with E-state index >= 15 is 0 Å². The molecular weight excluding hydrogens is 463 g/mol. The van der Waals surface area contributed by atoms with Crippen LogP contribution in [0.5, 0.6) is 0 Å². The van der Waals surface area contributed by atoms with Crippen molar-refractivity contribution >= 4 is 46.7 Å². The molecule has 0 N–H and O–H groups in total. The molecule has 3 aliphatic heterocycles. The van der Waals surface area contributed by atoms with Crippen LogP contribution in [0.1, 0.15) is 45.1 Å². The second kappa shape index (κ2) is 8.34. The lowest BCUT2D eigenvalue weighted by atomic mass is 9.88. The van der Waals surface area contributed by atoms with Crippen LogP contribution < -0.4 is 4.90 Å². The average molecular weight is 491 g/mol. The summed E-state index contributed by atoms with van der Waals surface area (Å²) in [6, 6.07) is 10.6. The Balaban J connectivity index is 1.57. The average Bonchev–Trinajstić information content (AvgIpc) is 2.87. The predicted octanol–water partition coefficient (Wildman–Crippen LogP) is 7.07. The molecule has 3 aliphatic rings. The molecule has 4 nitrogen and oxygen atoms in total. The van der Waals surface area contributed by atoms with Gasteiger partial charge in [0.15, 0.2) is 0 Å². The van der Waals surface area contributed by atoms with Gasteiger partial charge in [0, 0.05) is 52.1 Å². The number of nitrogens with zero attached hydrogens (tertiary/aromatic N) is 2. The van der Waals surface area contributed by atoms with Gasteiger partial charge in [-0.2, -0.15) is 0 Å². The van der Waals surface area contributed by atoms with Crippen molar-refractivity contribution in [3.05, 3.63) is 45.9 Å². The van der Waals surface area contributed by atoms with Gasteiger partial charge in [0.05, 0.1) is 5.69 Å². The van der Waals surface area contributed by atoms with E-state index in [4.69, 9.17) is 27.9 Å². The van der Waals surface area contributed by atoms with Crippen LogP contribution >= 0.6 is 35.0 Å². The second-order valence-electron chi connectivity index (χ2n) is 9.79. The first-order valence-electron chi connectivity index (χ1n) is 11.2. The van der Waals surface area contributed by atoms with Gasteiger partial charge in [0.2, 0.25) is 0 Å². The zero-order chi connectivity index (χ0) is 22.6. The highest BCUT2D eigenvalue weighted by molar-refractivity contribution is 7.99. The first-order valence-corrected chi connectivity index (χ1v) is 13.0. The van der Waals surface area contributed by atoms with Gasteiger partial charge in [-0.25, -0.2) is 4.79 Å². The molecule has 0 aliphatic carbocycles. The fourth-order valence-electron chi connectivity index (χ4n) is 5.22. The van der Waals surface area contributed by atoms with E-state index in [2.05, 4.69) is 17.0 Å². The van der Waals surface area contributed by atoms with Gasteiger partial charge in [-0.15, -0.1) is 11.8 Å². The lowest BCUT2D eigenvalue weighted by molar-refractivity contribution is 0.0189. The second-order valence-corrected chi connectivity index (χ2v) is 11.7. The monoisotopic (exact) mass is 490 g/mol. The fraction of sp³-hybridized carbons (Fsp3) is 0.480. The zero-order valence-corrected chi connectivity index (χ0v) is 21.0. The molecule has 1 fully saturated rings. The van der Waals surface area contributed by atoms with Crippen molar-refractivity contribution in [3.8, 4) is 11.1 Å². The van der Waals surface area contributed by atoms with Gasteiger partial charge >= 0.3 is 6.09 Å². The number of hydrogen-bond acceptors (Lipinski definition) is 4. The number of ether oxygens (including phenoxy) is 1. The highest BCUT2D eigenvalue weighted by Crippen LogP contribution is 2.52. The highest BCUT2D eigenvalue weighted by Gasteiger charge is 2.45. The number of halogens is 2. The summed E-state index contributed by atoms with van der Waals surface area (Å²) in [5.74, 6) is 1.36. The number of anilines is 1. The molecule has 0 spiro atoms. The van der Waals surface area contributed by atoms with Gasteiger partial charge in [-0.05, 0) is 74.8 Å². The molecule has 32 heavy (non-hydrogen) atoms. The summed E-state index contributed by atoms with van der Waals surface area (Å²) in [6.45, 7) is 8.21. The number of carbonyl (C=O) groups is 1. The first kappa shape index (κ1) is 22.2. The van der Waals surface area contributed by atoms with E-state index in [-0.39, 0.29) is 12.0 Å². The summed E-state index contributed by atoms with van der Waals surface area (Å²) in [6.07, 6.45) is 1.88. The van der Waals surface area contributed by atoms with Crippen molar-refractivity contribution in [2.24, 2.45) is 0 Å². The third kappa shape index (κ3) is 3.97. The smallest absolute Gasteiger partial charge is 0.410 e. The van der Waals surface area contributed by atoms with E-state index < -0.39 is 5.60 Å². The van der Waals surface area contributed by atoms with E-state index in [1.165, 1.54) is 16.1 Å². The van der Waals surface area contributed by atoms with E-state index in [9.17, 15) is 4.79 Å². The molecule has 0 bridgehead atoms. The standard InChI is InChI=1S/C25H28Cl2N2O2S/c1-25(2,3)31-24(30)28-10-8-20-17(14-28)16-12-15(22-18(26)6-4-7-19(22)27)13-21-23(16)29(20)9-5-11-32-21/h4,6-7,12-13,17,20H,5,8-11,14H2,1-3H3/t17-,20-/m1/s1. The summed E-state index contributed by atoms with van der Waals surface area (Å²) < 4.78 is 5.68. The molecule has 1 saturated heterocycles. The molecular formula is C25H28Cl2N2O2S. The fourth-order valence-corrected chi connectivity index (χ4v) is 6.91. The molecule has 2 aromatic rings. The number of rotatable bonds is 1. The van der Waals surface area contributed by atoms with Crippen LogP contribution in [0.25, 0.3) is 11.1 Å². The van der Waals surface area contributed by atoms with E-state index in [0.29, 0.717) is 22.6 Å². The number of amides is 1. The van der Waals surface area contributed by atoms with Crippen molar-refractivity contribution in [1.29, 1.82) is 0 Å². The minimum atomic E-state index is -0.494. The normalized spacial score (nSPS) is 22.3. The quantitative estimate of drug-likeness (QED) is 0.427. The molecule has 1 amide bonds. The van der Waals surface area contributed by atoms with Crippen molar-refractivity contribution in [3.63, 3.8) is 0 Å². The third-order valence-electron chi connectivity index (χ3n) is 6.47. The molecule has 170 valence electrons. The molecule has 0 unspecified atom stereocenters. The van der Waals surface area contributed by atoms with Crippen LogP contribution in [0.15, 0.2) is 35.2 Å². The van der Waals surface area contributed by atoms with Gasteiger partial charge in [-0.1, -0.05) is 29.3 Å². The summed E-state index contributed by atoms with van der Waals surface area (Å²) in [7, 11) is 0. The molecule has 2 atom stereocenters. The maximum Gasteiger partial charge on any atom is 0.410 e. The Bertz CT molecular complexity index is 1050. The summed E-state index contributed by atoms with van der Waals surface area (Å²) in [5, 5.41) is 1.32. The van der Waals surface area contributed by atoms with Gasteiger partial charge < -0.3 is 14.5 Å². The van der Waals surface area contributed by atoms with E-state index in [1.54, 1.807) is 0 Å². The molecule has 7 heteroatoms. The van der Waals surface area contributed by atoms with E-state index in [1.807, 2.05) is 55.6 Å². The topological polar surface area (TPSA) is 32.8 Å².